The maximum atomic E-state index is 15.4. The van der Waals surface area contributed by atoms with Crippen LogP contribution in [0.3, 0.4) is 0 Å². The highest BCUT2D eigenvalue weighted by atomic mass is 16.7. The van der Waals surface area contributed by atoms with Gasteiger partial charge in [0.25, 0.3) is 5.91 Å². The summed E-state index contributed by atoms with van der Waals surface area (Å²) in [6.07, 6.45) is 9.58. The molecule has 8 bridgehead atoms. The monoisotopic (exact) mass is 977 g/mol. The summed E-state index contributed by atoms with van der Waals surface area (Å²) in [6.45, 7) is 0.837. The second kappa shape index (κ2) is 18.7. The van der Waals surface area contributed by atoms with Crippen molar-refractivity contribution in [2.45, 2.75) is 107 Å². The van der Waals surface area contributed by atoms with Gasteiger partial charge in [0.1, 0.15) is 41.7 Å². The van der Waals surface area contributed by atoms with E-state index in [4.69, 9.17) is 28.4 Å². The van der Waals surface area contributed by atoms with Crippen molar-refractivity contribution >= 4 is 45.0 Å². The average Bonchev–Trinajstić information content (AvgIpc) is 4.12. The molecule has 1 saturated heterocycles. The van der Waals surface area contributed by atoms with Crippen LogP contribution in [-0.4, -0.2) is 119 Å². The Morgan fingerprint density at radius 1 is 1.04 bits per heavy atom. The zero-order valence-corrected chi connectivity index (χ0v) is 40.4. The van der Waals surface area contributed by atoms with Crippen molar-refractivity contribution in [2.75, 3.05) is 47.1 Å². The Bertz CT molecular complexity index is 3160. The molecule has 2 fully saturated rings. The normalized spacial score (nSPS) is 27.5. The molecule has 1 aromatic heterocycles. The van der Waals surface area contributed by atoms with E-state index in [0.717, 1.165) is 94.1 Å². The molecule has 4 aliphatic heterocycles. The lowest BCUT2D eigenvalue weighted by atomic mass is 9.69. The second-order valence-electron chi connectivity index (χ2n) is 20.3. The van der Waals surface area contributed by atoms with E-state index < -0.39 is 48.7 Å². The molecule has 0 spiro atoms. The smallest absolute Gasteiger partial charge is 0.254 e. The summed E-state index contributed by atoms with van der Waals surface area (Å²) in [5, 5.41) is 54.7. The van der Waals surface area contributed by atoms with Gasteiger partial charge in [0, 0.05) is 72.4 Å². The van der Waals surface area contributed by atoms with Crippen LogP contribution in [-0.2, 0) is 44.9 Å². The van der Waals surface area contributed by atoms with Gasteiger partial charge in [0.05, 0.1) is 43.4 Å². The number of aliphatic hydroxyl groups excluding tert-OH is 2. The lowest BCUT2D eigenvalue weighted by molar-refractivity contribution is -0.328. The maximum Gasteiger partial charge on any atom is 0.254 e. The van der Waals surface area contributed by atoms with E-state index in [9.17, 15) is 25.2 Å². The summed E-state index contributed by atoms with van der Waals surface area (Å²) < 4.78 is 38.1. The predicted octanol–water partition coefficient (Wildman–Crippen LogP) is 6.49. The van der Waals surface area contributed by atoms with Crippen LogP contribution in [0.25, 0.3) is 33.3 Å². The highest BCUT2D eigenvalue weighted by Gasteiger charge is 2.59. The summed E-state index contributed by atoms with van der Waals surface area (Å²) >= 11 is 0. The number of aliphatic hydroxyl groups is 3. The summed E-state index contributed by atoms with van der Waals surface area (Å²) in [5.74, 6) is 2.55. The van der Waals surface area contributed by atoms with Crippen LogP contribution < -0.4 is 14.8 Å². The summed E-state index contributed by atoms with van der Waals surface area (Å²) in [7, 11) is 3.29. The van der Waals surface area contributed by atoms with E-state index in [1.807, 2.05) is 30.5 Å². The van der Waals surface area contributed by atoms with Crippen molar-refractivity contribution in [1.82, 2.24) is 15.2 Å². The van der Waals surface area contributed by atoms with Gasteiger partial charge in [-0.2, -0.15) is 0 Å². The van der Waals surface area contributed by atoms with Gasteiger partial charge in [-0.1, -0.05) is 42.7 Å². The number of aromatic hydroxyl groups is 1. The number of unbranched alkanes of at least 4 members (excludes halogenated alkanes) is 1. The van der Waals surface area contributed by atoms with Crippen molar-refractivity contribution in [2.24, 2.45) is 5.92 Å². The minimum Gasteiger partial charge on any atom is -0.506 e. The number of rotatable bonds is 10. The molecule has 3 aliphatic carbocycles. The Morgan fingerprint density at radius 3 is 2.78 bits per heavy atom. The number of benzene rings is 4. The van der Waals surface area contributed by atoms with Crippen molar-refractivity contribution in [3.05, 3.63) is 110 Å². The molecule has 5 aromatic rings. The molecule has 374 valence electrons. The molecule has 12 rings (SSSR count). The van der Waals surface area contributed by atoms with Crippen LogP contribution in [0.5, 0.6) is 17.2 Å². The number of aromatic nitrogens is 1. The van der Waals surface area contributed by atoms with Gasteiger partial charge in [-0.15, -0.1) is 0 Å². The van der Waals surface area contributed by atoms with Crippen LogP contribution in [0.15, 0.2) is 54.7 Å². The van der Waals surface area contributed by atoms with Gasteiger partial charge >= 0.3 is 0 Å². The fraction of sp³-hybridized carbons (Fsp3) is 0.439. The van der Waals surface area contributed by atoms with Gasteiger partial charge in [-0.3, -0.25) is 9.59 Å². The number of aryl methyl sites for hydroxylation is 1. The largest absolute Gasteiger partial charge is 0.506 e. The minimum atomic E-state index is -2.46. The lowest BCUT2D eigenvalue weighted by Gasteiger charge is -2.47. The molecule has 4 aromatic carbocycles. The number of fused-ring (bicyclic) bond motifs is 8. The number of hydrogen-bond donors (Lipinski definition) is 6. The van der Waals surface area contributed by atoms with Crippen LogP contribution in [0.4, 0.5) is 0 Å². The number of phenols is 1. The van der Waals surface area contributed by atoms with Crippen LogP contribution in [0.2, 0.25) is 0 Å². The molecule has 7 aliphatic rings. The van der Waals surface area contributed by atoms with Crippen LogP contribution in [0, 0.1) is 17.9 Å². The summed E-state index contributed by atoms with van der Waals surface area (Å²) in [4.78, 5) is 34.5. The fourth-order valence-electron chi connectivity index (χ4n) is 12.7. The van der Waals surface area contributed by atoms with E-state index in [2.05, 4.69) is 40.5 Å². The van der Waals surface area contributed by atoms with Gasteiger partial charge in [0.15, 0.2) is 17.5 Å². The number of nitrogens with zero attached hydrogens (tertiary/aromatic N) is 1. The topological polar surface area (TPSA) is 202 Å². The molecule has 15 nitrogen and oxygen atoms in total. The molecule has 15 heteroatoms. The third-order valence-corrected chi connectivity index (χ3v) is 16.2. The van der Waals surface area contributed by atoms with E-state index in [-0.39, 0.29) is 66.3 Å². The van der Waals surface area contributed by atoms with Crippen LogP contribution >= 0.6 is 0 Å². The van der Waals surface area contributed by atoms with E-state index in [0.29, 0.717) is 48.3 Å². The third-order valence-electron chi connectivity index (χ3n) is 16.2. The first-order valence-corrected chi connectivity index (χ1v) is 25.3. The molecule has 0 unspecified atom stereocenters. The van der Waals surface area contributed by atoms with E-state index >= 15 is 4.79 Å². The Balaban J connectivity index is 1.09. The Labute approximate surface area is 416 Å². The first-order chi connectivity index (χ1) is 35.1. The summed E-state index contributed by atoms with van der Waals surface area (Å²) in [6, 6.07) is 11.6. The molecule has 8 atom stereocenters. The standard InChI is InChI=1S/C57H59N3O12/c1-67-20-4-3-19-58-24-30-13-17-41-38(22-30)39(25-59-41)43-18-16-37-52(68-2)36-15-14-33-23-32-9-6-11-34(32)46-45(33)47(36)49-51(64)48(46)42(62)27-60-26-40-31(8-5-12-35(40)55(60)65)10-7-21-69-54-50(63)44(28-70-43)71-56(72-53(37)49)57(54,66)29-61/h5,8,12-13,16-18,22-23,25,32,34,43-44,50,54,56,58-59,61,63-64,66H,3-4,6,9-11,14-15,19-20,24,26-29H2,1-2H3/b18-16+/t32-,34-,43+,44+,50+,54-,56+,57+/m0/s1. The van der Waals surface area contributed by atoms with Crippen molar-refractivity contribution in [3.63, 3.8) is 0 Å². The Kier molecular flexibility index (Phi) is 12.1. The molecule has 5 heterocycles. The Morgan fingerprint density at radius 2 is 1.93 bits per heavy atom. The SMILES string of the molecule is COCCCCNCc1ccc2[nH]cc([C@H]3/C=C/c4c(OC)c5c6c7c(c8c(O)c6c4O[C@H]4O[C@H](CO3)[C@@H](O)[C@H](OC#CCc3cccc6c3CN(CC8=O)C6=O)[C@]4(O)CO)[C@H]3CCC[C@H]3C=C7CC5)c2c1. The van der Waals surface area contributed by atoms with E-state index in [1.165, 1.54) is 4.90 Å². The van der Waals surface area contributed by atoms with Crippen molar-refractivity contribution < 1.29 is 58.4 Å². The number of carbonyl (C=O) groups excluding carboxylic acids is 2. The quantitative estimate of drug-likeness (QED) is 0.0656. The van der Waals surface area contributed by atoms with Crippen molar-refractivity contribution in [1.29, 1.82) is 0 Å². The molecular weight excluding hydrogens is 919 g/mol. The number of hydrogen-bond acceptors (Lipinski definition) is 13. The van der Waals surface area contributed by atoms with Crippen LogP contribution in [0.1, 0.15) is 116 Å². The number of phenolic OH excluding ortho intramolecular Hbond substituents is 1. The molecular formula is C57H59N3O12. The molecule has 72 heavy (non-hydrogen) atoms. The number of nitrogens with one attached hydrogen (secondary N) is 2. The fourth-order valence-corrected chi connectivity index (χ4v) is 12.7. The van der Waals surface area contributed by atoms with Gasteiger partial charge in [0.2, 0.25) is 6.29 Å². The molecule has 1 saturated carbocycles. The maximum absolute atomic E-state index is 15.4. The third kappa shape index (κ3) is 7.52. The van der Waals surface area contributed by atoms with E-state index in [1.54, 1.807) is 26.4 Å². The minimum absolute atomic E-state index is 0.0108. The van der Waals surface area contributed by atoms with Gasteiger partial charge < -0.3 is 64.0 Å². The predicted molar refractivity (Wildman–Crippen MR) is 267 cm³/mol. The number of ether oxygens (including phenoxy) is 6. The molecule has 6 N–H and O–H groups in total. The summed E-state index contributed by atoms with van der Waals surface area (Å²) in [5.41, 5.74) is 6.22. The first-order valence-electron chi connectivity index (χ1n) is 25.3. The number of H-pyrrole nitrogens is 1. The number of amides is 1. The highest BCUT2D eigenvalue weighted by Crippen LogP contribution is 2.60. The number of methoxy groups -OCH3 is 2. The lowest BCUT2D eigenvalue weighted by Crippen LogP contribution is -2.70. The number of carbonyl (C=O) groups is 2. The number of allylic oxidation sites excluding steroid dienone is 2. The number of Topliss-reactive ketones (excluding diaryl/α,β-unsaturated/α-hetero) is 1. The molecule has 1 amide bonds. The number of aromatic amines is 1. The highest BCUT2D eigenvalue weighted by molar-refractivity contribution is 6.17. The number of ketones is 1. The zero-order chi connectivity index (χ0) is 49.4. The van der Waals surface area contributed by atoms with Crippen molar-refractivity contribution in [3.8, 4) is 29.3 Å². The zero-order valence-electron chi connectivity index (χ0n) is 40.4. The Hall–Kier alpha value is -6.22. The van der Waals surface area contributed by atoms with Gasteiger partial charge in [-0.25, -0.2) is 0 Å². The second-order valence-corrected chi connectivity index (χ2v) is 20.3. The van der Waals surface area contributed by atoms with Gasteiger partial charge in [-0.05, 0) is 115 Å². The average molecular weight is 978 g/mol. The molecule has 0 radical (unpaired) electrons. The first kappa shape index (κ1) is 46.8.